The maximum Gasteiger partial charge on any atom is 0.357 e. The number of nitro groups is 1. The molecule has 0 amide bonds. The molecule has 0 bridgehead atoms. The normalized spacial score (nSPS) is 9.96. The maximum atomic E-state index is 12.1. The number of ether oxygens (including phenoxy) is 2. The quantitative estimate of drug-likeness (QED) is 0.496. The summed E-state index contributed by atoms with van der Waals surface area (Å²) < 4.78 is 10.3. The van der Waals surface area contributed by atoms with Crippen LogP contribution in [-0.2, 0) is 9.47 Å². The molecule has 2 N–H and O–H groups in total. The number of para-hydroxylation sites is 1. The minimum absolute atomic E-state index is 0.102. The fourth-order valence-electron chi connectivity index (χ4n) is 2.30. The Bertz CT molecular complexity index is 925. The summed E-state index contributed by atoms with van der Waals surface area (Å²) >= 11 is 0. The smallest absolute Gasteiger partial charge is 0.357 e. The molecule has 0 spiro atoms. The van der Waals surface area contributed by atoms with Crippen LogP contribution in [0.1, 0.15) is 26.4 Å². The first kappa shape index (κ1) is 17.5. The summed E-state index contributed by atoms with van der Waals surface area (Å²) in [7, 11) is 2.20. The van der Waals surface area contributed by atoms with Crippen molar-refractivity contribution in [3.63, 3.8) is 0 Å². The Balaban J connectivity index is 2.96. The average Bonchev–Trinajstić information content (AvgIpc) is 2.95. The Labute approximate surface area is 141 Å². The van der Waals surface area contributed by atoms with Crippen molar-refractivity contribution in [2.75, 3.05) is 20.0 Å². The van der Waals surface area contributed by atoms with E-state index in [0.29, 0.717) is 0 Å². The summed E-state index contributed by atoms with van der Waals surface area (Å²) in [5, 5.41) is 20.5. The largest absolute Gasteiger partial charge is 0.465 e. The van der Waals surface area contributed by atoms with Crippen LogP contribution in [0.15, 0.2) is 24.4 Å². The molecule has 0 aliphatic rings. The fraction of sp³-hybridized carbons (Fsp3) is 0.133. The zero-order chi connectivity index (χ0) is 18.7. The van der Waals surface area contributed by atoms with Gasteiger partial charge in [0.05, 0.1) is 36.0 Å². The molecule has 2 aromatic rings. The Morgan fingerprint density at radius 1 is 1.28 bits per heavy atom. The zero-order valence-corrected chi connectivity index (χ0v) is 13.2. The molecule has 25 heavy (non-hydrogen) atoms. The van der Waals surface area contributed by atoms with E-state index in [-0.39, 0.29) is 28.2 Å². The number of nitro benzene ring substituents is 1. The monoisotopic (exact) mass is 344 g/mol. The van der Waals surface area contributed by atoms with Crippen molar-refractivity contribution >= 4 is 23.3 Å². The van der Waals surface area contributed by atoms with E-state index < -0.39 is 22.5 Å². The second-order valence-electron chi connectivity index (χ2n) is 4.70. The molecule has 0 atom stereocenters. The highest BCUT2D eigenvalue weighted by Gasteiger charge is 2.30. The number of carbonyl (C=O) groups is 2. The van der Waals surface area contributed by atoms with Crippen molar-refractivity contribution in [3.05, 3.63) is 51.3 Å². The maximum absolute atomic E-state index is 12.1. The number of nitrogens with zero attached hydrogens (tertiary/aromatic N) is 3. The van der Waals surface area contributed by atoms with Gasteiger partial charge in [-0.05, 0) is 6.07 Å². The number of rotatable bonds is 4. The summed E-state index contributed by atoms with van der Waals surface area (Å²) in [5.41, 5.74) is 4.24. The van der Waals surface area contributed by atoms with E-state index in [1.54, 1.807) is 6.07 Å². The lowest BCUT2D eigenvalue weighted by molar-refractivity contribution is -0.384. The lowest BCUT2D eigenvalue weighted by atomic mass is 10.1. The summed E-state index contributed by atoms with van der Waals surface area (Å²) in [5.74, 6) is -1.78. The Hall–Kier alpha value is -3.87. The fourth-order valence-corrected chi connectivity index (χ4v) is 2.30. The predicted octanol–water partition coefficient (Wildman–Crippen LogP) is 1.41. The van der Waals surface area contributed by atoms with Crippen LogP contribution in [0, 0.1) is 21.4 Å². The van der Waals surface area contributed by atoms with Gasteiger partial charge in [-0.15, -0.1) is 0 Å². The second-order valence-corrected chi connectivity index (χ2v) is 4.70. The number of nitrogen functional groups attached to an aromatic ring is 1. The van der Waals surface area contributed by atoms with Gasteiger partial charge in [-0.25, -0.2) is 9.59 Å². The van der Waals surface area contributed by atoms with E-state index in [1.807, 2.05) is 0 Å². The lowest BCUT2D eigenvalue weighted by Gasteiger charge is -2.12. The Kier molecular flexibility index (Phi) is 4.69. The number of esters is 2. The highest BCUT2D eigenvalue weighted by molar-refractivity contribution is 5.99. The third-order valence-corrected chi connectivity index (χ3v) is 3.40. The lowest BCUT2D eigenvalue weighted by Crippen LogP contribution is -2.15. The zero-order valence-electron chi connectivity index (χ0n) is 13.2. The molecule has 0 saturated heterocycles. The highest BCUT2D eigenvalue weighted by atomic mass is 16.6. The van der Waals surface area contributed by atoms with Crippen LogP contribution in [0.4, 0.5) is 11.4 Å². The summed E-state index contributed by atoms with van der Waals surface area (Å²) in [6.45, 7) is 0. The van der Waals surface area contributed by atoms with Gasteiger partial charge in [0, 0.05) is 12.3 Å². The standard InChI is InChI=1S/C15H12N4O6/c1-24-14(20)9-4-3-5-10(19(22)23)12(9)18-7-8(6-16)11(17)13(18)15(21)25-2/h3-5,7H,17H2,1-2H3. The van der Waals surface area contributed by atoms with Gasteiger partial charge in [0.1, 0.15) is 11.8 Å². The van der Waals surface area contributed by atoms with Gasteiger partial charge in [0.15, 0.2) is 5.69 Å². The van der Waals surface area contributed by atoms with Gasteiger partial charge in [0.2, 0.25) is 0 Å². The number of benzene rings is 1. The van der Waals surface area contributed by atoms with Gasteiger partial charge in [0.25, 0.3) is 5.69 Å². The summed E-state index contributed by atoms with van der Waals surface area (Å²) in [6, 6.07) is 5.50. The van der Waals surface area contributed by atoms with E-state index in [4.69, 9.17) is 11.0 Å². The van der Waals surface area contributed by atoms with Gasteiger partial charge in [-0.3, -0.25) is 10.1 Å². The number of hydrogen-bond donors (Lipinski definition) is 1. The van der Waals surface area contributed by atoms with Crippen LogP contribution in [0.3, 0.4) is 0 Å². The topological polar surface area (TPSA) is 150 Å². The SMILES string of the molecule is COC(=O)c1cccc([N+](=O)[O-])c1-n1cc(C#N)c(N)c1C(=O)OC. The summed E-state index contributed by atoms with van der Waals surface area (Å²) in [6.07, 6.45) is 1.12. The number of nitriles is 1. The van der Waals surface area contributed by atoms with Crippen LogP contribution >= 0.6 is 0 Å². The molecular formula is C15H12N4O6. The van der Waals surface area contributed by atoms with E-state index in [2.05, 4.69) is 9.47 Å². The predicted molar refractivity (Wildman–Crippen MR) is 84.2 cm³/mol. The van der Waals surface area contributed by atoms with Crippen molar-refractivity contribution in [2.24, 2.45) is 0 Å². The Morgan fingerprint density at radius 2 is 1.92 bits per heavy atom. The molecule has 1 aromatic heterocycles. The van der Waals surface area contributed by atoms with Crippen LogP contribution < -0.4 is 5.73 Å². The van der Waals surface area contributed by atoms with Crippen molar-refractivity contribution in [3.8, 4) is 11.8 Å². The highest BCUT2D eigenvalue weighted by Crippen LogP contribution is 2.32. The van der Waals surface area contributed by atoms with Crippen molar-refractivity contribution in [2.45, 2.75) is 0 Å². The molecule has 128 valence electrons. The number of aromatic nitrogens is 1. The Morgan fingerprint density at radius 3 is 2.44 bits per heavy atom. The third-order valence-electron chi connectivity index (χ3n) is 3.40. The molecule has 2 rings (SSSR count). The molecule has 10 heteroatoms. The van der Waals surface area contributed by atoms with Crippen LogP contribution in [0.2, 0.25) is 0 Å². The molecule has 1 heterocycles. The van der Waals surface area contributed by atoms with E-state index in [0.717, 1.165) is 31.0 Å². The molecule has 0 radical (unpaired) electrons. The minimum Gasteiger partial charge on any atom is -0.465 e. The first-order valence-electron chi connectivity index (χ1n) is 6.72. The molecule has 0 aliphatic carbocycles. The van der Waals surface area contributed by atoms with E-state index in [1.165, 1.54) is 12.1 Å². The van der Waals surface area contributed by atoms with E-state index >= 15 is 0 Å². The molecule has 0 saturated carbocycles. The minimum atomic E-state index is -0.923. The van der Waals surface area contributed by atoms with Gasteiger partial charge in [-0.2, -0.15) is 5.26 Å². The average molecular weight is 344 g/mol. The van der Waals surface area contributed by atoms with Crippen molar-refractivity contribution < 1.29 is 24.0 Å². The van der Waals surface area contributed by atoms with Crippen LogP contribution in [0.25, 0.3) is 5.69 Å². The molecule has 0 unspecified atom stereocenters. The first-order chi connectivity index (χ1) is 11.9. The first-order valence-corrected chi connectivity index (χ1v) is 6.72. The van der Waals surface area contributed by atoms with Crippen LogP contribution in [0.5, 0.6) is 0 Å². The van der Waals surface area contributed by atoms with Gasteiger partial charge < -0.3 is 19.8 Å². The van der Waals surface area contributed by atoms with Crippen molar-refractivity contribution in [1.29, 1.82) is 5.26 Å². The van der Waals surface area contributed by atoms with Gasteiger partial charge in [-0.1, -0.05) is 6.07 Å². The summed E-state index contributed by atoms with van der Waals surface area (Å²) in [4.78, 5) is 34.8. The molecular weight excluding hydrogens is 332 g/mol. The third kappa shape index (κ3) is 2.86. The van der Waals surface area contributed by atoms with Gasteiger partial charge >= 0.3 is 11.9 Å². The molecule has 10 nitrogen and oxygen atoms in total. The van der Waals surface area contributed by atoms with Crippen molar-refractivity contribution in [1.82, 2.24) is 4.57 Å². The van der Waals surface area contributed by atoms with Crippen LogP contribution in [-0.4, -0.2) is 35.6 Å². The number of hydrogen-bond acceptors (Lipinski definition) is 8. The van der Waals surface area contributed by atoms with E-state index in [9.17, 15) is 19.7 Å². The number of anilines is 1. The number of methoxy groups -OCH3 is 2. The second kappa shape index (κ2) is 6.71. The molecule has 0 fully saturated rings. The molecule has 0 aliphatic heterocycles. The number of nitrogens with two attached hydrogens (primary N) is 1. The molecule has 1 aromatic carbocycles. The number of carbonyl (C=O) groups excluding carboxylic acids is 2.